The zero-order chi connectivity index (χ0) is 18.8. The Balaban J connectivity index is 1.24. The Morgan fingerprint density at radius 3 is 2.93 bits per heavy atom. The van der Waals surface area contributed by atoms with Crippen molar-refractivity contribution in [1.29, 1.82) is 0 Å². The monoisotopic (exact) mass is 385 g/mol. The molecule has 1 atom stereocenters. The lowest BCUT2D eigenvalue weighted by molar-refractivity contribution is 0.0592. The molecule has 1 unspecified atom stereocenters. The zero-order valence-electron chi connectivity index (χ0n) is 16.7. The van der Waals surface area contributed by atoms with E-state index < -0.39 is 0 Å². The first-order chi connectivity index (χ1) is 13.9. The number of hydrogen-bond acceptors (Lipinski definition) is 6. The first kappa shape index (κ1) is 18.2. The second-order valence-corrected chi connectivity index (χ2v) is 8.62. The molecule has 0 bridgehead atoms. The van der Waals surface area contributed by atoms with Gasteiger partial charge in [0.25, 0.3) is 0 Å². The van der Waals surface area contributed by atoms with E-state index in [1.54, 1.807) is 0 Å². The number of imidazole rings is 1. The molecule has 2 fully saturated rings. The number of hydrogen-bond donors (Lipinski definition) is 0. The van der Waals surface area contributed by atoms with Gasteiger partial charge in [0.05, 0.1) is 6.54 Å². The number of rotatable bonds is 5. The highest BCUT2D eigenvalue weighted by molar-refractivity contribution is 5.12. The number of tetrazole rings is 1. The molecule has 8 nitrogen and oxygen atoms in total. The quantitative estimate of drug-likeness (QED) is 0.784. The van der Waals surface area contributed by atoms with Gasteiger partial charge < -0.3 is 9.30 Å². The van der Waals surface area contributed by atoms with Crippen molar-refractivity contribution in [3.8, 4) is 0 Å². The maximum absolute atomic E-state index is 5.48. The molecule has 2 aromatic heterocycles. The van der Waals surface area contributed by atoms with Crippen LogP contribution in [-0.4, -0.2) is 61.0 Å². The van der Waals surface area contributed by atoms with E-state index in [0.29, 0.717) is 11.8 Å². The highest BCUT2D eigenvalue weighted by atomic mass is 16.5. The van der Waals surface area contributed by atoms with Gasteiger partial charge in [-0.15, -0.1) is 5.10 Å². The van der Waals surface area contributed by atoms with E-state index in [-0.39, 0.29) is 0 Å². The fourth-order valence-electron chi connectivity index (χ4n) is 5.05. The van der Waals surface area contributed by atoms with E-state index in [0.717, 1.165) is 64.6 Å². The van der Waals surface area contributed by atoms with Crippen molar-refractivity contribution in [2.75, 3.05) is 26.3 Å². The third kappa shape index (κ3) is 3.85. The Labute approximate surface area is 166 Å². The summed E-state index contributed by atoms with van der Waals surface area (Å²) in [5.74, 6) is 3.46. The Morgan fingerprint density at radius 2 is 2.00 bits per heavy atom. The maximum atomic E-state index is 5.48. The highest BCUT2D eigenvalue weighted by Crippen LogP contribution is 2.29. The SMILES string of the molecule is c1nc(C2CCCN(Cc3nnnn3CC3CCOCC3)C2)n2c1CCCC2. The standard InChI is InChI=1S/C20H31N7O/c1-2-9-26-18(5-1)12-21-20(26)17-4-3-8-25(14-17)15-19-22-23-24-27(19)13-16-6-10-28-11-7-16/h12,16-17H,1-11,13-15H2. The Bertz CT molecular complexity index is 779. The highest BCUT2D eigenvalue weighted by Gasteiger charge is 2.28. The number of aryl methyl sites for hydroxylation is 1. The lowest BCUT2D eigenvalue weighted by Crippen LogP contribution is -2.36. The summed E-state index contributed by atoms with van der Waals surface area (Å²) in [4.78, 5) is 7.35. The van der Waals surface area contributed by atoms with Gasteiger partial charge >= 0.3 is 0 Å². The molecule has 0 N–H and O–H groups in total. The van der Waals surface area contributed by atoms with E-state index in [1.165, 1.54) is 43.6 Å². The van der Waals surface area contributed by atoms with Gasteiger partial charge in [-0.1, -0.05) is 0 Å². The molecule has 2 aromatic rings. The van der Waals surface area contributed by atoms with Gasteiger partial charge in [-0.25, -0.2) is 9.67 Å². The Morgan fingerprint density at radius 1 is 1.07 bits per heavy atom. The van der Waals surface area contributed by atoms with E-state index in [1.807, 2.05) is 4.68 Å². The molecule has 28 heavy (non-hydrogen) atoms. The van der Waals surface area contributed by atoms with Gasteiger partial charge in [0.1, 0.15) is 5.82 Å². The number of likely N-dealkylation sites (tertiary alicyclic amines) is 1. The third-order valence-corrected chi connectivity index (χ3v) is 6.65. The van der Waals surface area contributed by atoms with Crippen LogP contribution in [0.3, 0.4) is 0 Å². The van der Waals surface area contributed by atoms with Crippen molar-refractivity contribution < 1.29 is 4.74 Å². The van der Waals surface area contributed by atoms with Crippen molar-refractivity contribution >= 4 is 0 Å². The predicted molar refractivity (Wildman–Crippen MR) is 104 cm³/mol. The van der Waals surface area contributed by atoms with Crippen LogP contribution in [0.2, 0.25) is 0 Å². The second kappa shape index (κ2) is 8.29. The van der Waals surface area contributed by atoms with Crippen LogP contribution in [0.25, 0.3) is 0 Å². The molecule has 5 heterocycles. The minimum atomic E-state index is 0.528. The molecule has 0 amide bonds. The number of fused-ring (bicyclic) bond motifs is 1. The topological polar surface area (TPSA) is 73.9 Å². The van der Waals surface area contributed by atoms with E-state index in [4.69, 9.17) is 9.72 Å². The third-order valence-electron chi connectivity index (χ3n) is 6.65. The molecular formula is C20H31N7O. The van der Waals surface area contributed by atoms with Crippen molar-refractivity contribution in [1.82, 2.24) is 34.7 Å². The van der Waals surface area contributed by atoms with Crippen molar-refractivity contribution in [2.45, 2.75) is 70.5 Å². The smallest absolute Gasteiger partial charge is 0.165 e. The van der Waals surface area contributed by atoms with Gasteiger partial charge in [-0.3, -0.25) is 4.90 Å². The van der Waals surface area contributed by atoms with Gasteiger partial charge in [0, 0.05) is 50.7 Å². The molecule has 0 radical (unpaired) electrons. The average molecular weight is 386 g/mol. The number of aromatic nitrogens is 6. The van der Waals surface area contributed by atoms with E-state index in [9.17, 15) is 0 Å². The molecule has 3 aliphatic heterocycles. The lowest BCUT2D eigenvalue weighted by atomic mass is 9.96. The molecule has 0 saturated carbocycles. The van der Waals surface area contributed by atoms with Gasteiger partial charge in [0.15, 0.2) is 5.82 Å². The van der Waals surface area contributed by atoms with Crippen molar-refractivity contribution in [3.63, 3.8) is 0 Å². The van der Waals surface area contributed by atoms with E-state index in [2.05, 4.69) is 31.2 Å². The van der Waals surface area contributed by atoms with Crippen molar-refractivity contribution in [2.24, 2.45) is 5.92 Å². The number of piperidine rings is 1. The molecule has 5 rings (SSSR count). The lowest BCUT2D eigenvalue weighted by Gasteiger charge is -2.33. The number of ether oxygens (including phenoxy) is 1. The molecule has 3 aliphatic rings. The van der Waals surface area contributed by atoms with Crippen LogP contribution >= 0.6 is 0 Å². The largest absolute Gasteiger partial charge is 0.381 e. The zero-order valence-corrected chi connectivity index (χ0v) is 16.7. The van der Waals surface area contributed by atoms with Gasteiger partial charge in [0.2, 0.25) is 0 Å². The summed E-state index contributed by atoms with van der Waals surface area (Å²) in [7, 11) is 0. The molecule has 0 spiro atoms. The average Bonchev–Trinajstić information content (AvgIpc) is 3.36. The number of nitrogens with zero attached hydrogens (tertiary/aromatic N) is 7. The molecule has 0 aromatic carbocycles. The normalized spacial score (nSPS) is 24.4. The summed E-state index contributed by atoms with van der Waals surface area (Å²) in [6.45, 7) is 6.80. The van der Waals surface area contributed by atoms with Crippen molar-refractivity contribution in [3.05, 3.63) is 23.5 Å². The van der Waals surface area contributed by atoms with E-state index >= 15 is 0 Å². The van der Waals surface area contributed by atoms with Crippen LogP contribution in [0.1, 0.15) is 61.8 Å². The first-order valence-corrected chi connectivity index (χ1v) is 11.0. The van der Waals surface area contributed by atoms with Crippen LogP contribution in [0.15, 0.2) is 6.20 Å². The minimum absolute atomic E-state index is 0.528. The Kier molecular flexibility index (Phi) is 5.40. The second-order valence-electron chi connectivity index (χ2n) is 8.62. The summed E-state index contributed by atoms with van der Waals surface area (Å²) in [5, 5.41) is 12.6. The van der Waals surface area contributed by atoms with Crippen LogP contribution in [0.4, 0.5) is 0 Å². The predicted octanol–water partition coefficient (Wildman–Crippen LogP) is 2.01. The minimum Gasteiger partial charge on any atom is -0.381 e. The van der Waals surface area contributed by atoms with Gasteiger partial charge in [-0.05, 0) is 67.8 Å². The molecule has 2 saturated heterocycles. The summed E-state index contributed by atoms with van der Waals surface area (Å²) < 4.78 is 10.00. The van der Waals surface area contributed by atoms with Crippen LogP contribution in [0.5, 0.6) is 0 Å². The van der Waals surface area contributed by atoms with Crippen LogP contribution in [0, 0.1) is 5.92 Å². The summed E-state index contributed by atoms with van der Waals surface area (Å²) >= 11 is 0. The molecule has 152 valence electrons. The summed E-state index contributed by atoms with van der Waals surface area (Å²) in [5.41, 5.74) is 1.43. The van der Waals surface area contributed by atoms with Crippen LogP contribution in [-0.2, 0) is 30.8 Å². The Hall–Kier alpha value is -1.80. The first-order valence-electron chi connectivity index (χ1n) is 11.0. The molecule has 0 aliphatic carbocycles. The fraction of sp³-hybridized carbons (Fsp3) is 0.800. The molecular weight excluding hydrogens is 354 g/mol. The summed E-state index contributed by atoms with van der Waals surface area (Å²) in [6, 6.07) is 0. The maximum Gasteiger partial charge on any atom is 0.165 e. The van der Waals surface area contributed by atoms with Crippen LogP contribution < -0.4 is 0 Å². The molecule has 8 heteroatoms. The van der Waals surface area contributed by atoms with Gasteiger partial charge in [-0.2, -0.15) is 0 Å². The fourth-order valence-corrected chi connectivity index (χ4v) is 5.05. The summed E-state index contributed by atoms with van der Waals surface area (Å²) in [6.07, 6.45) is 10.6.